The Morgan fingerprint density at radius 2 is 1.97 bits per heavy atom. The van der Waals surface area contributed by atoms with Crippen molar-refractivity contribution in [3.05, 3.63) is 76.0 Å². The van der Waals surface area contributed by atoms with Gasteiger partial charge in [0, 0.05) is 10.8 Å². The highest BCUT2D eigenvalue weighted by atomic mass is 32.1. The van der Waals surface area contributed by atoms with Crippen LogP contribution in [-0.4, -0.2) is 17.5 Å². The van der Waals surface area contributed by atoms with Gasteiger partial charge in [-0.3, -0.25) is 4.79 Å². The fraction of sp³-hybridized carbons (Fsp3) is 0.136. The summed E-state index contributed by atoms with van der Waals surface area (Å²) in [7, 11) is 0. The number of ether oxygens (including phenoxy) is 1. The Morgan fingerprint density at radius 1 is 1.17 bits per heavy atom. The fourth-order valence-electron chi connectivity index (χ4n) is 2.91. The van der Waals surface area contributed by atoms with E-state index in [9.17, 15) is 9.59 Å². The highest BCUT2D eigenvalue weighted by Gasteiger charge is 2.13. The zero-order valence-electron chi connectivity index (χ0n) is 15.7. The number of nitrogens with zero attached hydrogens (tertiary/aromatic N) is 1. The van der Waals surface area contributed by atoms with Crippen LogP contribution in [0.2, 0.25) is 0 Å². The zero-order valence-corrected chi connectivity index (χ0v) is 16.5. The van der Waals surface area contributed by atoms with Gasteiger partial charge >= 0.3 is 5.63 Å². The quantitative estimate of drug-likeness (QED) is 0.477. The Labute approximate surface area is 170 Å². The summed E-state index contributed by atoms with van der Waals surface area (Å²) in [6.45, 7) is 2.52. The van der Waals surface area contributed by atoms with Gasteiger partial charge in [-0.25, -0.2) is 9.78 Å². The number of carbonyl (C=O) groups is 1. The summed E-state index contributed by atoms with van der Waals surface area (Å²) in [4.78, 5) is 29.0. The summed E-state index contributed by atoms with van der Waals surface area (Å²) in [5, 5.41) is 5.76. The summed E-state index contributed by atoms with van der Waals surface area (Å²) >= 11 is 1.26. The van der Waals surface area contributed by atoms with Crippen molar-refractivity contribution in [3.63, 3.8) is 0 Å². The standard InChI is InChI=1S/C22H18N2O4S/c1-2-27-16-9-7-14(8-10-16)11-20(25)24-22-23-18(13-29-22)17-12-15-5-3-4-6-19(15)28-21(17)26/h3-10,12-13H,2,11H2,1H3,(H,23,24,25). The molecule has 0 aliphatic heterocycles. The van der Waals surface area contributed by atoms with Crippen molar-refractivity contribution in [2.24, 2.45) is 0 Å². The average Bonchev–Trinajstić information content (AvgIpc) is 3.17. The maximum atomic E-state index is 12.3. The molecule has 7 heteroatoms. The lowest BCUT2D eigenvalue weighted by Crippen LogP contribution is -2.14. The number of para-hydroxylation sites is 1. The van der Waals surface area contributed by atoms with Gasteiger partial charge in [0.1, 0.15) is 11.3 Å². The molecular formula is C22H18N2O4S. The van der Waals surface area contributed by atoms with Crippen LogP contribution in [-0.2, 0) is 11.2 Å². The number of fused-ring (bicyclic) bond motifs is 1. The van der Waals surface area contributed by atoms with Crippen molar-refractivity contribution in [1.29, 1.82) is 0 Å². The Kier molecular flexibility index (Phi) is 5.39. The molecule has 0 radical (unpaired) electrons. The number of aromatic nitrogens is 1. The summed E-state index contributed by atoms with van der Waals surface area (Å²) in [6, 6.07) is 16.4. The summed E-state index contributed by atoms with van der Waals surface area (Å²) < 4.78 is 10.8. The van der Waals surface area contributed by atoms with Crippen molar-refractivity contribution in [2.75, 3.05) is 11.9 Å². The van der Waals surface area contributed by atoms with Crippen LogP contribution in [0, 0.1) is 0 Å². The molecule has 0 saturated heterocycles. The number of nitrogens with one attached hydrogen (secondary N) is 1. The van der Waals surface area contributed by atoms with Crippen LogP contribution in [0.4, 0.5) is 5.13 Å². The number of hydrogen-bond donors (Lipinski definition) is 1. The third kappa shape index (κ3) is 4.35. The van der Waals surface area contributed by atoms with E-state index >= 15 is 0 Å². The van der Waals surface area contributed by atoms with E-state index in [4.69, 9.17) is 9.15 Å². The predicted molar refractivity (Wildman–Crippen MR) is 114 cm³/mol. The highest BCUT2D eigenvalue weighted by Crippen LogP contribution is 2.25. The van der Waals surface area contributed by atoms with Gasteiger partial charge < -0.3 is 14.5 Å². The molecule has 6 nitrogen and oxygen atoms in total. The molecule has 4 rings (SSSR count). The number of hydrogen-bond acceptors (Lipinski definition) is 6. The maximum Gasteiger partial charge on any atom is 0.345 e. The van der Waals surface area contributed by atoms with Crippen LogP contribution in [0.25, 0.3) is 22.2 Å². The summed E-state index contributed by atoms with van der Waals surface area (Å²) in [5.74, 6) is 0.594. The largest absolute Gasteiger partial charge is 0.494 e. The summed E-state index contributed by atoms with van der Waals surface area (Å²) in [5.41, 5.74) is 1.79. The lowest BCUT2D eigenvalue weighted by atomic mass is 10.1. The number of rotatable bonds is 6. The number of thiazole rings is 1. The molecule has 2 aromatic heterocycles. The monoisotopic (exact) mass is 406 g/mol. The van der Waals surface area contributed by atoms with Gasteiger partial charge in [-0.15, -0.1) is 11.3 Å². The van der Waals surface area contributed by atoms with Crippen LogP contribution in [0.1, 0.15) is 12.5 Å². The molecule has 146 valence electrons. The molecule has 1 amide bonds. The van der Waals surface area contributed by atoms with Gasteiger partial charge in [0.25, 0.3) is 0 Å². The first kappa shape index (κ1) is 18.9. The van der Waals surface area contributed by atoms with Crippen molar-refractivity contribution in [1.82, 2.24) is 4.98 Å². The lowest BCUT2D eigenvalue weighted by molar-refractivity contribution is -0.115. The molecule has 1 N–H and O–H groups in total. The minimum Gasteiger partial charge on any atom is -0.494 e. The maximum absolute atomic E-state index is 12.3. The molecule has 0 atom stereocenters. The molecule has 0 aliphatic carbocycles. The second-order valence-corrected chi connectivity index (χ2v) is 7.18. The van der Waals surface area contributed by atoms with Crippen molar-refractivity contribution >= 4 is 33.3 Å². The fourth-order valence-corrected chi connectivity index (χ4v) is 3.64. The Morgan fingerprint density at radius 3 is 2.76 bits per heavy atom. The molecule has 29 heavy (non-hydrogen) atoms. The lowest BCUT2D eigenvalue weighted by Gasteiger charge is -2.05. The number of carbonyl (C=O) groups excluding carboxylic acids is 1. The normalized spacial score (nSPS) is 10.8. The van der Waals surface area contributed by atoms with Crippen LogP contribution >= 0.6 is 11.3 Å². The van der Waals surface area contributed by atoms with E-state index < -0.39 is 5.63 Å². The topological polar surface area (TPSA) is 81.4 Å². The number of anilines is 1. The molecule has 0 spiro atoms. The Hall–Kier alpha value is -3.45. The minimum atomic E-state index is -0.457. The van der Waals surface area contributed by atoms with Gasteiger partial charge in [-0.2, -0.15) is 0 Å². The molecule has 0 fully saturated rings. The molecule has 2 aromatic carbocycles. The first-order chi connectivity index (χ1) is 14.1. The van der Waals surface area contributed by atoms with E-state index in [0.29, 0.717) is 28.6 Å². The van der Waals surface area contributed by atoms with E-state index in [1.807, 2.05) is 49.4 Å². The number of amides is 1. The zero-order chi connectivity index (χ0) is 20.2. The first-order valence-electron chi connectivity index (χ1n) is 9.13. The van der Waals surface area contributed by atoms with Gasteiger partial charge in [0.15, 0.2) is 5.13 Å². The highest BCUT2D eigenvalue weighted by molar-refractivity contribution is 7.14. The first-order valence-corrected chi connectivity index (χ1v) is 10.0. The third-order valence-electron chi connectivity index (χ3n) is 4.27. The second kappa shape index (κ2) is 8.28. The predicted octanol–water partition coefficient (Wildman–Crippen LogP) is 4.50. The van der Waals surface area contributed by atoms with Crippen molar-refractivity contribution in [2.45, 2.75) is 13.3 Å². The van der Waals surface area contributed by atoms with E-state index in [1.54, 1.807) is 17.5 Å². The third-order valence-corrected chi connectivity index (χ3v) is 5.02. The average molecular weight is 406 g/mol. The molecule has 0 bridgehead atoms. The Balaban J connectivity index is 1.47. The van der Waals surface area contributed by atoms with E-state index in [1.165, 1.54) is 11.3 Å². The molecule has 0 aliphatic rings. The SMILES string of the molecule is CCOc1ccc(CC(=O)Nc2nc(-c3cc4ccccc4oc3=O)cs2)cc1. The van der Waals surface area contributed by atoms with Crippen LogP contribution in [0.3, 0.4) is 0 Å². The molecule has 2 heterocycles. The molecule has 0 unspecified atom stereocenters. The summed E-state index contributed by atoms with van der Waals surface area (Å²) in [6.07, 6.45) is 0.222. The molecule has 4 aromatic rings. The van der Waals surface area contributed by atoms with Crippen molar-refractivity contribution in [3.8, 4) is 17.0 Å². The van der Waals surface area contributed by atoms with Gasteiger partial charge in [0.05, 0.1) is 24.3 Å². The van der Waals surface area contributed by atoms with Gasteiger partial charge in [0.2, 0.25) is 5.91 Å². The van der Waals surface area contributed by atoms with Crippen molar-refractivity contribution < 1.29 is 13.9 Å². The van der Waals surface area contributed by atoms with Crippen LogP contribution < -0.4 is 15.7 Å². The minimum absolute atomic E-state index is 0.180. The molecular weight excluding hydrogens is 388 g/mol. The van der Waals surface area contributed by atoms with Crippen LogP contribution in [0.5, 0.6) is 5.75 Å². The molecule has 0 saturated carbocycles. The second-order valence-electron chi connectivity index (χ2n) is 6.33. The van der Waals surface area contributed by atoms with Gasteiger partial charge in [-0.05, 0) is 36.8 Å². The van der Waals surface area contributed by atoms with E-state index in [-0.39, 0.29) is 12.3 Å². The van der Waals surface area contributed by atoms with E-state index in [2.05, 4.69) is 10.3 Å². The van der Waals surface area contributed by atoms with Crippen LogP contribution in [0.15, 0.2) is 69.2 Å². The van der Waals surface area contributed by atoms with E-state index in [0.717, 1.165) is 16.7 Å². The van der Waals surface area contributed by atoms with Gasteiger partial charge in [-0.1, -0.05) is 30.3 Å². The Bertz CT molecular complexity index is 1210. The smallest absolute Gasteiger partial charge is 0.345 e. The number of benzene rings is 2.